The molecule has 0 fully saturated rings. The van der Waals surface area contributed by atoms with E-state index in [1.54, 1.807) is 0 Å². The van der Waals surface area contributed by atoms with Crippen LogP contribution in [-0.4, -0.2) is 11.5 Å². The number of nitro groups is 1. The summed E-state index contributed by atoms with van der Waals surface area (Å²) in [5.41, 5.74) is -0.194. The van der Waals surface area contributed by atoms with E-state index in [1.165, 1.54) is 18.2 Å². The van der Waals surface area contributed by atoms with Crippen molar-refractivity contribution in [2.75, 3.05) is 6.61 Å². The molecular formula is C9H7ClN2O3. The lowest BCUT2D eigenvalue weighted by molar-refractivity contribution is -0.385. The minimum Gasteiger partial charge on any atom is -0.485 e. The molecule has 1 aromatic rings. The summed E-state index contributed by atoms with van der Waals surface area (Å²) in [5.74, 6) is 0.0133. The van der Waals surface area contributed by atoms with Crippen molar-refractivity contribution in [2.24, 2.45) is 0 Å². The van der Waals surface area contributed by atoms with Crippen molar-refractivity contribution in [2.45, 2.75) is 6.42 Å². The first-order valence-corrected chi connectivity index (χ1v) is 4.47. The monoisotopic (exact) mass is 226 g/mol. The van der Waals surface area contributed by atoms with Crippen molar-refractivity contribution in [3.63, 3.8) is 0 Å². The van der Waals surface area contributed by atoms with Gasteiger partial charge in [0.05, 0.1) is 22.4 Å². The molecule has 0 N–H and O–H groups in total. The lowest BCUT2D eigenvalue weighted by Crippen LogP contribution is -2.00. The number of para-hydroxylation sites is 1. The highest BCUT2D eigenvalue weighted by atomic mass is 35.5. The predicted octanol–water partition coefficient (Wildman–Crippen LogP) is 2.54. The normalized spacial score (nSPS) is 9.33. The zero-order valence-electron chi connectivity index (χ0n) is 7.64. The molecule has 1 aromatic carbocycles. The van der Waals surface area contributed by atoms with Gasteiger partial charge in [-0.1, -0.05) is 17.7 Å². The molecule has 0 saturated heterocycles. The van der Waals surface area contributed by atoms with Crippen LogP contribution in [0.25, 0.3) is 0 Å². The van der Waals surface area contributed by atoms with E-state index in [-0.39, 0.29) is 29.5 Å². The van der Waals surface area contributed by atoms with Gasteiger partial charge in [-0.25, -0.2) is 0 Å². The average Bonchev–Trinajstić information content (AvgIpc) is 2.20. The van der Waals surface area contributed by atoms with Gasteiger partial charge in [0.2, 0.25) is 5.75 Å². The predicted molar refractivity (Wildman–Crippen MR) is 53.8 cm³/mol. The summed E-state index contributed by atoms with van der Waals surface area (Å²) < 4.78 is 5.07. The summed E-state index contributed by atoms with van der Waals surface area (Å²) in [6, 6.07) is 6.13. The SMILES string of the molecule is N#CCCOc1c(Cl)cccc1[N+](=O)[O-]. The van der Waals surface area contributed by atoms with Crippen LogP contribution in [0.2, 0.25) is 5.02 Å². The first-order valence-electron chi connectivity index (χ1n) is 4.09. The molecule has 0 atom stereocenters. The third kappa shape index (κ3) is 2.82. The van der Waals surface area contributed by atoms with E-state index in [1.807, 2.05) is 6.07 Å². The molecule has 0 bridgehead atoms. The van der Waals surface area contributed by atoms with Crippen molar-refractivity contribution in [3.8, 4) is 11.8 Å². The van der Waals surface area contributed by atoms with Crippen LogP contribution < -0.4 is 4.74 Å². The number of benzene rings is 1. The van der Waals surface area contributed by atoms with Crippen molar-refractivity contribution >= 4 is 17.3 Å². The average molecular weight is 227 g/mol. The molecule has 15 heavy (non-hydrogen) atoms. The maximum atomic E-state index is 10.6. The third-order valence-corrected chi connectivity index (χ3v) is 1.90. The first-order chi connectivity index (χ1) is 7.16. The standard InChI is InChI=1S/C9H7ClN2O3/c10-7-3-1-4-8(12(13)14)9(7)15-6-2-5-11/h1,3-4H,2,6H2. The van der Waals surface area contributed by atoms with Crippen molar-refractivity contribution in [1.29, 1.82) is 5.26 Å². The zero-order chi connectivity index (χ0) is 11.3. The molecule has 1 rings (SSSR count). The van der Waals surface area contributed by atoms with E-state index >= 15 is 0 Å². The smallest absolute Gasteiger partial charge is 0.312 e. The van der Waals surface area contributed by atoms with E-state index in [9.17, 15) is 10.1 Å². The number of rotatable bonds is 4. The Balaban J connectivity index is 2.93. The number of halogens is 1. The number of nitro benzene ring substituents is 1. The van der Waals surface area contributed by atoms with E-state index in [0.29, 0.717) is 0 Å². The molecule has 0 aliphatic heterocycles. The maximum absolute atomic E-state index is 10.6. The molecule has 5 nitrogen and oxygen atoms in total. The Morgan fingerprint density at radius 3 is 2.93 bits per heavy atom. The molecule has 78 valence electrons. The molecule has 0 unspecified atom stereocenters. The lowest BCUT2D eigenvalue weighted by atomic mass is 10.3. The third-order valence-electron chi connectivity index (χ3n) is 1.60. The Hall–Kier alpha value is -1.80. The Labute approximate surface area is 91.0 Å². The molecule has 0 radical (unpaired) electrons. The summed E-state index contributed by atoms with van der Waals surface area (Å²) in [7, 11) is 0. The van der Waals surface area contributed by atoms with Gasteiger partial charge in [-0.3, -0.25) is 10.1 Å². The Bertz CT molecular complexity index is 414. The number of nitrogens with zero attached hydrogens (tertiary/aromatic N) is 2. The molecule has 0 aliphatic carbocycles. The second kappa shape index (κ2) is 5.17. The van der Waals surface area contributed by atoms with Gasteiger partial charge in [-0.2, -0.15) is 5.26 Å². The van der Waals surface area contributed by atoms with Gasteiger partial charge in [0, 0.05) is 6.07 Å². The lowest BCUT2D eigenvalue weighted by Gasteiger charge is -2.05. The highest BCUT2D eigenvalue weighted by molar-refractivity contribution is 6.32. The molecule has 0 amide bonds. The quantitative estimate of drug-likeness (QED) is 0.449. The van der Waals surface area contributed by atoms with Gasteiger partial charge >= 0.3 is 5.69 Å². The maximum Gasteiger partial charge on any atom is 0.312 e. The second-order valence-corrected chi connectivity index (χ2v) is 3.01. The van der Waals surface area contributed by atoms with Crippen LogP contribution in [0.4, 0.5) is 5.69 Å². The Morgan fingerprint density at radius 1 is 1.60 bits per heavy atom. The highest BCUT2D eigenvalue weighted by Gasteiger charge is 2.17. The molecular weight excluding hydrogens is 220 g/mol. The van der Waals surface area contributed by atoms with Crippen molar-refractivity contribution in [1.82, 2.24) is 0 Å². The summed E-state index contributed by atoms with van der Waals surface area (Å²) in [6.45, 7) is 0.0844. The Morgan fingerprint density at radius 2 is 2.33 bits per heavy atom. The van der Waals surface area contributed by atoms with Crippen LogP contribution in [0, 0.1) is 21.4 Å². The zero-order valence-corrected chi connectivity index (χ0v) is 8.40. The fourth-order valence-corrected chi connectivity index (χ4v) is 1.21. The van der Waals surface area contributed by atoms with Crippen LogP contribution in [0.1, 0.15) is 6.42 Å². The van der Waals surface area contributed by atoms with Crippen LogP contribution in [0.3, 0.4) is 0 Å². The first kappa shape index (κ1) is 11.3. The number of nitriles is 1. The molecule has 6 heteroatoms. The topological polar surface area (TPSA) is 76.2 Å². The minimum atomic E-state index is -0.576. The van der Waals surface area contributed by atoms with Crippen LogP contribution >= 0.6 is 11.6 Å². The van der Waals surface area contributed by atoms with Gasteiger partial charge < -0.3 is 4.74 Å². The van der Waals surface area contributed by atoms with Crippen LogP contribution in [0.15, 0.2) is 18.2 Å². The molecule has 0 aliphatic rings. The van der Waals surface area contributed by atoms with Gasteiger partial charge in [-0.15, -0.1) is 0 Å². The van der Waals surface area contributed by atoms with E-state index < -0.39 is 4.92 Å². The van der Waals surface area contributed by atoms with E-state index in [4.69, 9.17) is 21.6 Å². The second-order valence-electron chi connectivity index (χ2n) is 2.60. The van der Waals surface area contributed by atoms with Crippen LogP contribution in [-0.2, 0) is 0 Å². The van der Waals surface area contributed by atoms with Gasteiger partial charge in [0.25, 0.3) is 0 Å². The van der Waals surface area contributed by atoms with Crippen LogP contribution in [0.5, 0.6) is 5.75 Å². The van der Waals surface area contributed by atoms with E-state index in [0.717, 1.165) is 0 Å². The summed E-state index contributed by atoms with van der Waals surface area (Å²) >= 11 is 5.74. The number of hydrogen-bond donors (Lipinski definition) is 0. The molecule has 0 aromatic heterocycles. The fourth-order valence-electron chi connectivity index (χ4n) is 0.983. The Kier molecular flexibility index (Phi) is 3.89. The van der Waals surface area contributed by atoms with Gasteiger partial charge in [-0.05, 0) is 6.07 Å². The summed E-state index contributed by atoms with van der Waals surface area (Å²) in [4.78, 5) is 10.0. The van der Waals surface area contributed by atoms with Gasteiger partial charge in [0.1, 0.15) is 6.61 Å². The molecule has 0 spiro atoms. The number of ether oxygens (including phenoxy) is 1. The molecule has 0 saturated carbocycles. The summed E-state index contributed by atoms with van der Waals surface area (Å²) in [5, 5.41) is 19.1. The van der Waals surface area contributed by atoms with Crippen molar-refractivity contribution in [3.05, 3.63) is 33.3 Å². The van der Waals surface area contributed by atoms with Gasteiger partial charge in [0.15, 0.2) is 0 Å². The van der Waals surface area contributed by atoms with E-state index in [2.05, 4.69) is 0 Å². The minimum absolute atomic E-state index is 0.0133. The largest absolute Gasteiger partial charge is 0.485 e. The summed E-state index contributed by atoms with van der Waals surface area (Å²) in [6.07, 6.45) is 0.155. The number of hydrogen-bond acceptors (Lipinski definition) is 4. The fraction of sp³-hybridized carbons (Fsp3) is 0.222. The highest BCUT2D eigenvalue weighted by Crippen LogP contribution is 2.34. The van der Waals surface area contributed by atoms with Crippen molar-refractivity contribution < 1.29 is 9.66 Å². The molecule has 0 heterocycles.